The van der Waals surface area contributed by atoms with Crippen LogP contribution >= 0.6 is 0 Å². The van der Waals surface area contributed by atoms with Crippen LogP contribution in [0.5, 0.6) is 5.88 Å². The Balaban J connectivity index is 1.89. The van der Waals surface area contributed by atoms with Crippen molar-refractivity contribution in [2.24, 2.45) is 0 Å². The van der Waals surface area contributed by atoms with Gasteiger partial charge in [-0.2, -0.15) is 0 Å². The Morgan fingerprint density at radius 2 is 2.38 bits per heavy atom. The SMILES string of the molecule is CN(C[C@@H]1CCCO1)C(=O)c1ccc(OCC(F)F)nc1. The largest absolute Gasteiger partial charge is 0.472 e. The number of aromatic nitrogens is 1. The molecule has 0 saturated carbocycles. The summed E-state index contributed by atoms with van der Waals surface area (Å²) >= 11 is 0. The highest BCUT2D eigenvalue weighted by Gasteiger charge is 2.21. The molecule has 0 N–H and O–H groups in total. The molecule has 2 heterocycles. The molecule has 116 valence electrons. The van der Waals surface area contributed by atoms with Gasteiger partial charge in [-0.15, -0.1) is 0 Å². The normalized spacial score (nSPS) is 18.0. The van der Waals surface area contributed by atoms with E-state index in [0.29, 0.717) is 12.1 Å². The van der Waals surface area contributed by atoms with Crippen molar-refractivity contribution in [3.8, 4) is 5.88 Å². The van der Waals surface area contributed by atoms with E-state index in [0.717, 1.165) is 19.4 Å². The summed E-state index contributed by atoms with van der Waals surface area (Å²) in [6.07, 6.45) is 0.835. The van der Waals surface area contributed by atoms with E-state index < -0.39 is 13.0 Å². The van der Waals surface area contributed by atoms with E-state index in [1.165, 1.54) is 18.3 Å². The molecule has 0 aliphatic carbocycles. The van der Waals surface area contributed by atoms with Crippen molar-refractivity contribution in [2.45, 2.75) is 25.4 Å². The lowest BCUT2D eigenvalue weighted by molar-refractivity contribution is 0.0586. The summed E-state index contributed by atoms with van der Waals surface area (Å²) in [5.74, 6) is -0.105. The second-order valence-corrected chi connectivity index (χ2v) is 4.91. The second kappa shape index (κ2) is 7.31. The van der Waals surface area contributed by atoms with Gasteiger partial charge in [0, 0.05) is 32.5 Å². The van der Waals surface area contributed by atoms with Crippen LogP contribution in [0.4, 0.5) is 8.78 Å². The molecule has 1 amide bonds. The van der Waals surface area contributed by atoms with Crippen LogP contribution in [0.25, 0.3) is 0 Å². The zero-order valence-corrected chi connectivity index (χ0v) is 11.8. The van der Waals surface area contributed by atoms with E-state index in [2.05, 4.69) is 4.98 Å². The third kappa shape index (κ3) is 4.63. The quantitative estimate of drug-likeness (QED) is 0.806. The first-order chi connectivity index (χ1) is 10.1. The first-order valence-electron chi connectivity index (χ1n) is 6.80. The number of hydrogen-bond donors (Lipinski definition) is 0. The van der Waals surface area contributed by atoms with Crippen molar-refractivity contribution in [1.29, 1.82) is 0 Å². The van der Waals surface area contributed by atoms with Gasteiger partial charge in [-0.25, -0.2) is 13.8 Å². The zero-order valence-electron chi connectivity index (χ0n) is 11.8. The van der Waals surface area contributed by atoms with E-state index in [1.807, 2.05) is 0 Å². The van der Waals surface area contributed by atoms with Crippen molar-refractivity contribution in [2.75, 3.05) is 26.8 Å². The van der Waals surface area contributed by atoms with Gasteiger partial charge < -0.3 is 14.4 Å². The van der Waals surface area contributed by atoms with Gasteiger partial charge in [0.15, 0.2) is 6.61 Å². The maximum atomic E-state index is 12.2. The minimum atomic E-state index is -2.55. The number of carbonyl (C=O) groups excluding carboxylic acids is 1. The topological polar surface area (TPSA) is 51.7 Å². The van der Waals surface area contributed by atoms with Gasteiger partial charge in [-0.3, -0.25) is 4.79 Å². The van der Waals surface area contributed by atoms with Crippen LogP contribution in [0.3, 0.4) is 0 Å². The predicted molar refractivity (Wildman–Crippen MR) is 71.7 cm³/mol. The molecular weight excluding hydrogens is 282 g/mol. The first-order valence-corrected chi connectivity index (χ1v) is 6.80. The Bertz CT molecular complexity index is 462. The van der Waals surface area contributed by atoms with Crippen LogP contribution in [0, 0.1) is 0 Å². The Hall–Kier alpha value is -1.76. The van der Waals surface area contributed by atoms with Crippen LogP contribution < -0.4 is 4.74 Å². The Morgan fingerprint density at radius 1 is 1.57 bits per heavy atom. The Morgan fingerprint density at radius 3 is 2.95 bits per heavy atom. The van der Waals surface area contributed by atoms with Gasteiger partial charge in [0.05, 0.1) is 11.7 Å². The number of amides is 1. The van der Waals surface area contributed by atoms with Gasteiger partial charge in [-0.1, -0.05) is 0 Å². The molecule has 2 rings (SSSR count). The predicted octanol–water partition coefficient (Wildman–Crippen LogP) is 1.98. The number of likely N-dealkylation sites (N-methyl/N-ethyl adjacent to an activating group) is 1. The molecule has 1 atom stereocenters. The van der Waals surface area contributed by atoms with Crippen molar-refractivity contribution in [3.05, 3.63) is 23.9 Å². The minimum Gasteiger partial charge on any atom is -0.472 e. The van der Waals surface area contributed by atoms with E-state index in [1.54, 1.807) is 11.9 Å². The average Bonchev–Trinajstić information content (AvgIpc) is 2.97. The number of ether oxygens (including phenoxy) is 2. The van der Waals surface area contributed by atoms with Crippen molar-refractivity contribution in [1.82, 2.24) is 9.88 Å². The summed E-state index contributed by atoms with van der Waals surface area (Å²) in [6.45, 7) is 0.562. The molecule has 1 saturated heterocycles. The van der Waals surface area contributed by atoms with E-state index in [-0.39, 0.29) is 17.9 Å². The summed E-state index contributed by atoms with van der Waals surface area (Å²) in [5, 5.41) is 0. The summed E-state index contributed by atoms with van der Waals surface area (Å²) in [6, 6.07) is 2.93. The monoisotopic (exact) mass is 300 g/mol. The fourth-order valence-electron chi connectivity index (χ4n) is 2.14. The fourth-order valence-corrected chi connectivity index (χ4v) is 2.14. The van der Waals surface area contributed by atoms with E-state index in [9.17, 15) is 13.6 Å². The highest BCUT2D eigenvalue weighted by Crippen LogP contribution is 2.15. The van der Waals surface area contributed by atoms with Crippen LogP contribution in [0.1, 0.15) is 23.2 Å². The molecule has 0 radical (unpaired) electrons. The minimum absolute atomic E-state index is 0.0774. The van der Waals surface area contributed by atoms with Crippen LogP contribution in [-0.2, 0) is 4.74 Å². The third-order valence-electron chi connectivity index (χ3n) is 3.19. The molecule has 1 aromatic heterocycles. The number of nitrogens with zero attached hydrogens (tertiary/aromatic N) is 2. The van der Waals surface area contributed by atoms with Crippen LogP contribution in [-0.4, -0.2) is 55.1 Å². The number of carbonyl (C=O) groups is 1. The van der Waals surface area contributed by atoms with Crippen LogP contribution in [0.15, 0.2) is 18.3 Å². The molecule has 0 spiro atoms. The molecule has 1 aliphatic heterocycles. The summed E-state index contributed by atoms with van der Waals surface area (Å²) in [5.41, 5.74) is 0.389. The van der Waals surface area contributed by atoms with Crippen molar-refractivity contribution < 1.29 is 23.0 Å². The lowest BCUT2D eigenvalue weighted by Crippen LogP contribution is -2.34. The highest BCUT2D eigenvalue weighted by molar-refractivity contribution is 5.93. The highest BCUT2D eigenvalue weighted by atomic mass is 19.3. The lowest BCUT2D eigenvalue weighted by Gasteiger charge is -2.20. The van der Waals surface area contributed by atoms with Crippen LogP contribution in [0.2, 0.25) is 0 Å². The third-order valence-corrected chi connectivity index (χ3v) is 3.19. The summed E-state index contributed by atoms with van der Waals surface area (Å²) in [7, 11) is 1.70. The fraction of sp³-hybridized carbons (Fsp3) is 0.571. The molecule has 0 unspecified atom stereocenters. The molecule has 0 bridgehead atoms. The smallest absolute Gasteiger partial charge is 0.272 e. The maximum absolute atomic E-state index is 12.2. The molecule has 1 aromatic rings. The number of halogens is 2. The first kappa shape index (κ1) is 15.6. The van der Waals surface area contributed by atoms with E-state index in [4.69, 9.17) is 9.47 Å². The summed E-state index contributed by atoms with van der Waals surface area (Å²) < 4.78 is 34.3. The second-order valence-electron chi connectivity index (χ2n) is 4.91. The van der Waals surface area contributed by atoms with Gasteiger partial charge >= 0.3 is 0 Å². The van der Waals surface area contributed by atoms with Gasteiger partial charge in [0.2, 0.25) is 5.88 Å². The molecule has 1 aliphatic rings. The standard InChI is InChI=1S/C14H18F2N2O3/c1-18(8-11-3-2-6-20-11)14(19)10-4-5-13(17-7-10)21-9-12(15)16/h4-5,7,11-12H,2-3,6,8-9H2,1H3/t11-/m0/s1. The number of hydrogen-bond acceptors (Lipinski definition) is 4. The molecular formula is C14H18F2N2O3. The van der Waals surface area contributed by atoms with Gasteiger partial charge in [-0.05, 0) is 18.9 Å². The number of alkyl halides is 2. The molecule has 0 aromatic carbocycles. The maximum Gasteiger partial charge on any atom is 0.272 e. The van der Waals surface area contributed by atoms with Crippen molar-refractivity contribution >= 4 is 5.91 Å². The van der Waals surface area contributed by atoms with Gasteiger partial charge in [0.1, 0.15) is 0 Å². The molecule has 21 heavy (non-hydrogen) atoms. The lowest BCUT2D eigenvalue weighted by atomic mass is 10.2. The summed E-state index contributed by atoms with van der Waals surface area (Å²) in [4.78, 5) is 17.6. The van der Waals surface area contributed by atoms with Crippen molar-refractivity contribution in [3.63, 3.8) is 0 Å². The molecule has 7 heteroatoms. The number of pyridine rings is 1. The Kier molecular flexibility index (Phi) is 5.44. The zero-order chi connectivity index (χ0) is 15.2. The van der Waals surface area contributed by atoms with Gasteiger partial charge in [0.25, 0.3) is 12.3 Å². The molecule has 5 nitrogen and oxygen atoms in total. The average molecular weight is 300 g/mol. The molecule has 1 fully saturated rings. The Labute approximate surface area is 121 Å². The number of rotatable bonds is 6. The van der Waals surface area contributed by atoms with E-state index >= 15 is 0 Å².